The second kappa shape index (κ2) is 12.5. The molecule has 3 aromatic carbocycles. The molecule has 0 fully saturated rings. The quantitative estimate of drug-likeness (QED) is 0.145. The number of hydrogen-bond donors (Lipinski definition) is 4. The number of anilines is 4. The van der Waals surface area contributed by atoms with E-state index in [0.29, 0.717) is 34.3 Å². The summed E-state index contributed by atoms with van der Waals surface area (Å²) in [6.07, 6.45) is 6.84. The number of para-hydroxylation sites is 1. The molecule has 0 aliphatic carbocycles. The van der Waals surface area contributed by atoms with Gasteiger partial charge in [-0.2, -0.15) is 0 Å². The Bertz CT molecular complexity index is 1730. The molecule has 206 valence electrons. The maximum atomic E-state index is 12.9. The van der Waals surface area contributed by atoms with Crippen molar-refractivity contribution in [1.29, 1.82) is 0 Å². The first kappa shape index (κ1) is 27.6. The van der Waals surface area contributed by atoms with E-state index in [9.17, 15) is 9.59 Å². The second-order valence-corrected chi connectivity index (χ2v) is 10.1. The summed E-state index contributed by atoms with van der Waals surface area (Å²) >= 11 is 6.52. The van der Waals surface area contributed by atoms with Crippen LogP contribution >= 0.6 is 11.6 Å². The van der Waals surface area contributed by atoms with Gasteiger partial charge in [0.25, 0.3) is 5.91 Å². The van der Waals surface area contributed by atoms with Crippen molar-refractivity contribution in [3.05, 3.63) is 114 Å². The molecule has 8 nitrogen and oxygen atoms in total. The average Bonchev–Trinajstić information content (AvgIpc) is 3.38. The van der Waals surface area contributed by atoms with Crippen LogP contribution in [0.2, 0.25) is 5.02 Å². The molecule has 5 rings (SSSR count). The summed E-state index contributed by atoms with van der Waals surface area (Å²) in [5.41, 5.74) is 5.32. The molecular formula is C32H29ClN6O2. The van der Waals surface area contributed by atoms with Gasteiger partial charge in [0.15, 0.2) is 0 Å². The van der Waals surface area contributed by atoms with Gasteiger partial charge in [0.2, 0.25) is 5.91 Å². The molecule has 9 heteroatoms. The summed E-state index contributed by atoms with van der Waals surface area (Å²) in [6, 6.07) is 24.0. The summed E-state index contributed by atoms with van der Waals surface area (Å²) in [6.45, 7) is 0.672. The van der Waals surface area contributed by atoms with Gasteiger partial charge >= 0.3 is 0 Å². The van der Waals surface area contributed by atoms with Crippen LogP contribution < -0.4 is 16.0 Å². The number of halogens is 1. The van der Waals surface area contributed by atoms with Crippen LogP contribution in [0.1, 0.15) is 10.4 Å². The van der Waals surface area contributed by atoms with Gasteiger partial charge in [-0.15, -0.1) is 0 Å². The fourth-order valence-corrected chi connectivity index (χ4v) is 4.50. The number of aromatic amines is 1. The highest BCUT2D eigenvalue weighted by Crippen LogP contribution is 2.35. The monoisotopic (exact) mass is 564 g/mol. The number of benzene rings is 3. The lowest BCUT2D eigenvalue weighted by atomic mass is 10.1. The number of fused-ring (bicyclic) bond motifs is 1. The lowest BCUT2D eigenvalue weighted by molar-refractivity contribution is -0.111. The SMILES string of the molecule is CN(C)C/C=C/C(=O)Nc1ccc(C(=O)Nc2cccc(Nc3cc(-c4c[nH]c5ccccc45)c(Cl)cn3)c2)cc1. The van der Waals surface area contributed by atoms with E-state index in [1.54, 1.807) is 36.5 Å². The number of pyridine rings is 1. The third kappa shape index (κ3) is 7.00. The van der Waals surface area contributed by atoms with E-state index in [1.165, 1.54) is 6.08 Å². The van der Waals surface area contributed by atoms with Crippen LogP contribution in [0, 0.1) is 0 Å². The van der Waals surface area contributed by atoms with E-state index in [-0.39, 0.29) is 11.8 Å². The standard InChI is InChI=1S/C32H29ClN6O2/c1-39(2)16-6-11-31(40)37-22-14-12-21(13-15-22)32(41)38-24-8-5-7-23(17-24)36-30-18-26(28(33)20-35-30)27-19-34-29-10-4-3-9-25(27)29/h3-15,17-20,34H,16H2,1-2H3,(H,35,36)(H,37,40)(H,38,41)/b11-6+. The largest absolute Gasteiger partial charge is 0.361 e. The molecule has 0 saturated carbocycles. The molecule has 0 unspecified atom stereocenters. The first-order valence-electron chi connectivity index (χ1n) is 13.0. The third-order valence-electron chi connectivity index (χ3n) is 6.28. The molecule has 0 bridgehead atoms. The highest BCUT2D eigenvalue weighted by molar-refractivity contribution is 6.33. The molecule has 0 aliphatic rings. The number of aromatic nitrogens is 2. The van der Waals surface area contributed by atoms with Crippen LogP contribution in [0.25, 0.3) is 22.0 Å². The Morgan fingerprint density at radius 2 is 1.68 bits per heavy atom. The van der Waals surface area contributed by atoms with Gasteiger partial charge < -0.3 is 25.8 Å². The van der Waals surface area contributed by atoms with Crippen molar-refractivity contribution in [1.82, 2.24) is 14.9 Å². The van der Waals surface area contributed by atoms with E-state index in [1.807, 2.05) is 79.8 Å². The Labute approximate surface area is 243 Å². The zero-order valence-corrected chi connectivity index (χ0v) is 23.4. The summed E-state index contributed by atoms with van der Waals surface area (Å²) < 4.78 is 0. The first-order valence-corrected chi connectivity index (χ1v) is 13.4. The number of amides is 2. The second-order valence-electron chi connectivity index (χ2n) is 9.69. The van der Waals surface area contributed by atoms with E-state index in [4.69, 9.17) is 11.6 Å². The van der Waals surface area contributed by atoms with Crippen LogP contribution in [0.15, 0.2) is 103 Å². The van der Waals surface area contributed by atoms with Crippen LogP contribution in [0.4, 0.5) is 22.9 Å². The third-order valence-corrected chi connectivity index (χ3v) is 6.58. The molecule has 41 heavy (non-hydrogen) atoms. The minimum Gasteiger partial charge on any atom is -0.361 e. The Hall–Kier alpha value is -4.92. The minimum absolute atomic E-state index is 0.225. The summed E-state index contributed by atoms with van der Waals surface area (Å²) in [5, 5.41) is 10.6. The first-order chi connectivity index (χ1) is 19.9. The summed E-state index contributed by atoms with van der Waals surface area (Å²) in [7, 11) is 3.86. The maximum absolute atomic E-state index is 12.9. The zero-order valence-electron chi connectivity index (χ0n) is 22.6. The zero-order chi connectivity index (χ0) is 28.8. The number of rotatable bonds is 9. The Kier molecular flexibility index (Phi) is 8.43. The highest BCUT2D eigenvalue weighted by atomic mass is 35.5. The Morgan fingerprint density at radius 1 is 0.902 bits per heavy atom. The van der Waals surface area contributed by atoms with E-state index in [2.05, 4.69) is 25.9 Å². The van der Waals surface area contributed by atoms with Crippen LogP contribution in [-0.4, -0.2) is 47.3 Å². The molecule has 5 aromatic rings. The predicted molar refractivity (Wildman–Crippen MR) is 167 cm³/mol. The van der Waals surface area contributed by atoms with Gasteiger partial charge in [-0.3, -0.25) is 9.59 Å². The molecule has 0 saturated heterocycles. The molecule has 2 heterocycles. The fraction of sp³-hybridized carbons (Fsp3) is 0.0938. The number of nitrogens with one attached hydrogen (secondary N) is 4. The van der Waals surface area contributed by atoms with Gasteiger partial charge in [0.1, 0.15) is 5.82 Å². The lowest BCUT2D eigenvalue weighted by Crippen LogP contribution is -2.13. The Morgan fingerprint density at radius 3 is 2.49 bits per heavy atom. The summed E-state index contributed by atoms with van der Waals surface area (Å²) in [5.74, 6) is 0.126. The topological polar surface area (TPSA) is 102 Å². The smallest absolute Gasteiger partial charge is 0.255 e. The maximum Gasteiger partial charge on any atom is 0.255 e. The van der Waals surface area contributed by atoms with Gasteiger partial charge in [-0.05, 0) is 68.7 Å². The van der Waals surface area contributed by atoms with Gasteiger partial charge in [0, 0.05) is 69.7 Å². The van der Waals surface area contributed by atoms with Crippen molar-refractivity contribution >= 4 is 57.2 Å². The minimum atomic E-state index is -0.267. The lowest BCUT2D eigenvalue weighted by Gasteiger charge is -2.11. The van der Waals surface area contributed by atoms with Gasteiger partial charge in [-0.25, -0.2) is 4.98 Å². The number of nitrogens with zero attached hydrogens (tertiary/aromatic N) is 2. The number of carbonyl (C=O) groups is 2. The molecule has 2 aromatic heterocycles. The van der Waals surface area contributed by atoms with Crippen molar-refractivity contribution in [2.45, 2.75) is 0 Å². The van der Waals surface area contributed by atoms with Gasteiger partial charge in [-0.1, -0.05) is 41.9 Å². The van der Waals surface area contributed by atoms with Crippen molar-refractivity contribution in [3.8, 4) is 11.1 Å². The van der Waals surface area contributed by atoms with Crippen molar-refractivity contribution in [3.63, 3.8) is 0 Å². The average molecular weight is 565 g/mol. The summed E-state index contributed by atoms with van der Waals surface area (Å²) in [4.78, 5) is 34.6. The van der Waals surface area contributed by atoms with E-state index >= 15 is 0 Å². The Balaban J connectivity index is 1.24. The number of H-pyrrole nitrogens is 1. The van der Waals surface area contributed by atoms with Crippen LogP contribution in [0.5, 0.6) is 0 Å². The normalized spacial score (nSPS) is 11.2. The molecule has 0 radical (unpaired) electrons. The highest BCUT2D eigenvalue weighted by Gasteiger charge is 2.12. The molecule has 4 N–H and O–H groups in total. The molecule has 2 amide bonds. The van der Waals surface area contributed by atoms with Crippen molar-refractivity contribution in [2.24, 2.45) is 0 Å². The molecular weight excluding hydrogens is 536 g/mol. The molecule has 0 aliphatic heterocycles. The predicted octanol–water partition coefficient (Wildman–Crippen LogP) is 6.94. The van der Waals surface area contributed by atoms with Crippen LogP contribution in [0.3, 0.4) is 0 Å². The van der Waals surface area contributed by atoms with E-state index in [0.717, 1.165) is 27.7 Å². The molecule has 0 spiro atoms. The van der Waals surface area contributed by atoms with E-state index < -0.39 is 0 Å². The van der Waals surface area contributed by atoms with Gasteiger partial charge in [0.05, 0.1) is 5.02 Å². The van der Waals surface area contributed by atoms with Crippen LogP contribution in [-0.2, 0) is 4.79 Å². The fourth-order valence-electron chi connectivity index (χ4n) is 4.29. The van der Waals surface area contributed by atoms with Crippen molar-refractivity contribution < 1.29 is 9.59 Å². The van der Waals surface area contributed by atoms with Crippen molar-refractivity contribution in [2.75, 3.05) is 36.6 Å². The molecule has 0 atom stereocenters. The number of hydrogen-bond acceptors (Lipinski definition) is 5. The number of likely N-dealkylation sites (N-methyl/N-ethyl adjacent to an activating group) is 1. The number of carbonyl (C=O) groups excluding carboxylic acids is 2.